The highest BCUT2D eigenvalue weighted by molar-refractivity contribution is 6.52. The number of halogens is 1. The first-order valence-corrected chi connectivity index (χ1v) is 13.2. The average molecular weight is 566 g/mol. The summed E-state index contributed by atoms with van der Waals surface area (Å²) in [7, 11) is 3.80. The third-order valence-electron chi connectivity index (χ3n) is 6.97. The Labute approximate surface area is 242 Å². The summed E-state index contributed by atoms with van der Waals surface area (Å²) < 4.78 is 13.9. The summed E-state index contributed by atoms with van der Waals surface area (Å²) in [6.07, 6.45) is 3.16. The lowest BCUT2D eigenvalue weighted by atomic mass is 10.0. The van der Waals surface area contributed by atoms with E-state index < -0.39 is 41.9 Å². The lowest BCUT2D eigenvalue weighted by molar-refractivity contribution is -0.139. The number of hydrogen-bond acceptors (Lipinski definition) is 6. The fourth-order valence-corrected chi connectivity index (χ4v) is 4.81. The number of pyridine rings is 1. The topological polar surface area (TPSA) is 103 Å². The summed E-state index contributed by atoms with van der Waals surface area (Å²) in [5.74, 6) is -3.16. The number of rotatable bonds is 9. The molecule has 3 amide bonds. The van der Waals surface area contributed by atoms with Gasteiger partial charge < -0.3 is 15.1 Å². The van der Waals surface area contributed by atoms with Crippen LogP contribution in [-0.2, 0) is 20.9 Å². The highest BCUT2D eigenvalue weighted by Crippen LogP contribution is 2.31. The Morgan fingerprint density at radius 3 is 2.31 bits per heavy atom. The molecule has 0 saturated carbocycles. The molecule has 1 aliphatic rings. The third-order valence-corrected chi connectivity index (χ3v) is 6.97. The molecule has 0 radical (unpaired) electrons. The van der Waals surface area contributed by atoms with Crippen molar-refractivity contribution >= 4 is 40.6 Å². The van der Waals surface area contributed by atoms with E-state index in [2.05, 4.69) is 10.3 Å². The number of hydrogen-bond donors (Lipinski definition) is 1. The van der Waals surface area contributed by atoms with Gasteiger partial charge in [0.15, 0.2) is 0 Å². The van der Waals surface area contributed by atoms with Crippen molar-refractivity contribution in [3.05, 3.63) is 120 Å². The minimum absolute atomic E-state index is 0.0423. The molecule has 1 aromatic heterocycles. The van der Waals surface area contributed by atoms with Gasteiger partial charge in [0.2, 0.25) is 5.91 Å². The number of aromatic nitrogens is 1. The fourth-order valence-electron chi connectivity index (χ4n) is 4.81. The molecule has 0 fully saturated rings. The van der Waals surface area contributed by atoms with E-state index in [0.717, 1.165) is 10.6 Å². The highest BCUT2D eigenvalue weighted by Gasteiger charge is 2.39. The number of ketones is 1. The number of para-hydroxylation sites is 1. The van der Waals surface area contributed by atoms with Crippen LogP contribution in [0.25, 0.3) is 0 Å². The Morgan fingerprint density at radius 2 is 1.64 bits per heavy atom. The van der Waals surface area contributed by atoms with Crippen LogP contribution in [0.2, 0.25) is 0 Å². The van der Waals surface area contributed by atoms with Crippen LogP contribution >= 0.6 is 0 Å². The van der Waals surface area contributed by atoms with E-state index in [-0.39, 0.29) is 12.1 Å². The smallest absolute Gasteiger partial charge is 0.299 e. The number of nitrogens with one attached hydrogen (secondary N) is 1. The second kappa shape index (κ2) is 12.0. The summed E-state index contributed by atoms with van der Waals surface area (Å²) in [5.41, 5.74) is 2.96. The van der Waals surface area contributed by atoms with Gasteiger partial charge in [-0.15, -0.1) is 0 Å². The van der Waals surface area contributed by atoms with Crippen molar-refractivity contribution in [2.45, 2.75) is 12.6 Å². The molecular weight excluding hydrogens is 537 g/mol. The van der Waals surface area contributed by atoms with Crippen molar-refractivity contribution in [1.82, 2.24) is 9.88 Å². The quantitative estimate of drug-likeness (QED) is 0.305. The molecule has 0 aliphatic carbocycles. The lowest BCUT2D eigenvalue weighted by Crippen LogP contribution is -2.46. The SMILES string of the molecule is CN(C)c1ccc(NC(=O)[C@H](c2ccc(F)cc2)N(Cc2cccnc2)C(=O)CN2C(=O)C(=O)c3ccccc32)cc1. The Bertz CT molecular complexity index is 1630. The largest absolute Gasteiger partial charge is 0.378 e. The standard InChI is InChI=1S/C32H28FN5O4/c1-36(2)25-15-13-24(14-16-25)35-31(41)29(22-9-11-23(33)12-10-22)38(19-21-6-5-17-34-18-21)28(39)20-37-27-8-4-3-7-26(27)30(40)32(37)42/h3-18,29H,19-20H2,1-2H3,(H,35,41)/t29-/m0/s1. The molecule has 42 heavy (non-hydrogen) atoms. The zero-order valence-electron chi connectivity index (χ0n) is 23.0. The molecule has 10 heteroatoms. The molecule has 4 aromatic rings. The Morgan fingerprint density at radius 1 is 0.929 bits per heavy atom. The van der Waals surface area contributed by atoms with Gasteiger partial charge in [-0.2, -0.15) is 0 Å². The second-order valence-electron chi connectivity index (χ2n) is 10.0. The molecule has 5 rings (SSSR count). The molecule has 212 valence electrons. The zero-order chi connectivity index (χ0) is 29.8. The van der Waals surface area contributed by atoms with E-state index in [4.69, 9.17) is 0 Å². The predicted octanol–water partition coefficient (Wildman–Crippen LogP) is 4.22. The van der Waals surface area contributed by atoms with Crippen LogP contribution in [-0.4, -0.2) is 54.0 Å². The van der Waals surface area contributed by atoms with E-state index in [1.165, 1.54) is 35.2 Å². The summed E-state index contributed by atoms with van der Waals surface area (Å²) >= 11 is 0. The molecule has 0 saturated heterocycles. The third kappa shape index (κ3) is 5.87. The zero-order valence-corrected chi connectivity index (χ0v) is 23.0. The van der Waals surface area contributed by atoms with Crippen LogP contribution in [0.4, 0.5) is 21.5 Å². The molecule has 0 spiro atoms. The van der Waals surface area contributed by atoms with Crippen LogP contribution in [0.15, 0.2) is 97.3 Å². The maximum Gasteiger partial charge on any atom is 0.299 e. The maximum atomic E-state index is 14.1. The Kier molecular flexibility index (Phi) is 8.05. The Hall–Kier alpha value is -5.38. The van der Waals surface area contributed by atoms with E-state index in [1.807, 2.05) is 31.1 Å². The average Bonchev–Trinajstić information content (AvgIpc) is 3.23. The van der Waals surface area contributed by atoms with Gasteiger partial charge in [-0.25, -0.2) is 4.39 Å². The van der Waals surface area contributed by atoms with Gasteiger partial charge in [0.1, 0.15) is 18.4 Å². The van der Waals surface area contributed by atoms with Crippen LogP contribution in [0, 0.1) is 5.82 Å². The van der Waals surface area contributed by atoms with Gasteiger partial charge in [-0.1, -0.05) is 30.3 Å². The van der Waals surface area contributed by atoms with Crippen LogP contribution in [0.3, 0.4) is 0 Å². The first-order chi connectivity index (χ1) is 20.2. The number of Topliss-reactive ketones (excluding diaryl/α,β-unsaturated/α-hetero) is 1. The monoisotopic (exact) mass is 565 g/mol. The Balaban J connectivity index is 1.52. The summed E-state index contributed by atoms with van der Waals surface area (Å²) in [6.45, 7) is -0.524. The molecule has 1 atom stereocenters. The van der Waals surface area contributed by atoms with Crippen LogP contribution < -0.4 is 15.1 Å². The van der Waals surface area contributed by atoms with E-state index in [0.29, 0.717) is 22.5 Å². The maximum absolute atomic E-state index is 14.1. The molecule has 3 aromatic carbocycles. The van der Waals surface area contributed by atoms with Crippen molar-refractivity contribution < 1.29 is 23.6 Å². The van der Waals surface area contributed by atoms with E-state index >= 15 is 0 Å². The van der Waals surface area contributed by atoms with Crippen molar-refractivity contribution in [2.24, 2.45) is 0 Å². The number of nitrogens with zero attached hydrogens (tertiary/aromatic N) is 4. The lowest BCUT2D eigenvalue weighted by Gasteiger charge is -2.33. The number of carbonyl (C=O) groups excluding carboxylic acids is 4. The number of benzene rings is 3. The summed E-state index contributed by atoms with van der Waals surface area (Å²) in [6, 6.07) is 21.2. The number of fused-ring (bicyclic) bond motifs is 1. The molecule has 0 unspecified atom stereocenters. The van der Waals surface area contributed by atoms with Gasteiger partial charge >= 0.3 is 0 Å². The minimum atomic E-state index is -1.21. The first kappa shape index (κ1) is 28.2. The van der Waals surface area contributed by atoms with Crippen molar-refractivity contribution in [1.29, 1.82) is 0 Å². The first-order valence-electron chi connectivity index (χ1n) is 13.2. The minimum Gasteiger partial charge on any atom is -0.378 e. The van der Waals surface area contributed by atoms with Crippen molar-refractivity contribution in [3.8, 4) is 0 Å². The van der Waals surface area contributed by atoms with Gasteiger partial charge in [0, 0.05) is 44.4 Å². The van der Waals surface area contributed by atoms with E-state index in [1.54, 1.807) is 54.9 Å². The predicted molar refractivity (Wildman–Crippen MR) is 156 cm³/mol. The normalized spacial score (nSPS) is 13.0. The molecule has 2 heterocycles. The molecular formula is C32H28FN5O4. The second-order valence-corrected chi connectivity index (χ2v) is 10.0. The van der Waals surface area contributed by atoms with Crippen molar-refractivity contribution in [3.63, 3.8) is 0 Å². The fraction of sp³-hybridized carbons (Fsp3) is 0.156. The van der Waals surface area contributed by atoms with Gasteiger partial charge in [-0.05, 0) is 65.7 Å². The van der Waals surface area contributed by atoms with Gasteiger partial charge in [0.25, 0.3) is 17.6 Å². The number of carbonyl (C=O) groups is 4. The van der Waals surface area contributed by atoms with Crippen LogP contribution in [0.5, 0.6) is 0 Å². The van der Waals surface area contributed by atoms with Crippen LogP contribution in [0.1, 0.15) is 27.5 Å². The number of amides is 3. The highest BCUT2D eigenvalue weighted by atomic mass is 19.1. The molecule has 0 bridgehead atoms. The summed E-state index contributed by atoms with van der Waals surface area (Å²) in [4.78, 5) is 62.0. The molecule has 9 nitrogen and oxygen atoms in total. The molecule has 1 N–H and O–H groups in total. The van der Waals surface area contributed by atoms with Gasteiger partial charge in [-0.3, -0.25) is 29.1 Å². The number of anilines is 3. The van der Waals surface area contributed by atoms with E-state index in [9.17, 15) is 23.6 Å². The van der Waals surface area contributed by atoms with Gasteiger partial charge in [0.05, 0.1) is 11.3 Å². The van der Waals surface area contributed by atoms with Crippen molar-refractivity contribution in [2.75, 3.05) is 35.8 Å². The molecule has 1 aliphatic heterocycles. The summed E-state index contributed by atoms with van der Waals surface area (Å²) in [5, 5.41) is 2.87.